The molecule has 34 heavy (non-hydrogen) atoms. The summed E-state index contributed by atoms with van der Waals surface area (Å²) in [6.07, 6.45) is -0.967. The number of benzene rings is 1. The highest BCUT2D eigenvalue weighted by atomic mass is 32.2. The highest BCUT2D eigenvalue weighted by Crippen LogP contribution is 2.32. The maximum Gasteiger partial charge on any atom is 0.414 e. The Hall–Kier alpha value is -3.93. The molecule has 0 aliphatic carbocycles. The minimum absolute atomic E-state index is 0.130. The van der Waals surface area contributed by atoms with Crippen molar-refractivity contribution in [2.45, 2.75) is 12.2 Å². The first-order chi connectivity index (χ1) is 16.0. The first kappa shape index (κ1) is 23.2. The van der Waals surface area contributed by atoms with Crippen LogP contribution in [0.5, 0.6) is 0 Å². The molecule has 4 aromatic rings. The van der Waals surface area contributed by atoms with E-state index < -0.39 is 28.1 Å². The van der Waals surface area contributed by atoms with Crippen LogP contribution in [0.3, 0.4) is 0 Å². The van der Waals surface area contributed by atoms with Gasteiger partial charge in [0.15, 0.2) is 11.6 Å². The molecule has 0 fully saturated rings. The number of imidazole rings is 1. The standard InChI is InChI=1S/C22H18F3N5O3S/c1-34(32,33)29-15-9-3-2-8-14(15)20-27-18(17-11-5-7-13-30(17)20)21(31)28-19(22(23,24)25)16-10-4-6-12-26-16/h2-13,19H,1H3,(H2,27,28,29,31)/p+1. The van der Waals surface area contributed by atoms with Crippen LogP contribution in [0, 0.1) is 0 Å². The van der Waals surface area contributed by atoms with E-state index in [9.17, 15) is 26.4 Å². The fourth-order valence-corrected chi connectivity index (χ4v) is 4.08. The van der Waals surface area contributed by atoms with E-state index in [0.717, 1.165) is 6.26 Å². The van der Waals surface area contributed by atoms with E-state index in [1.54, 1.807) is 47.0 Å². The van der Waals surface area contributed by atoms with Crippen molar-refractivity contribution in [3.63, 3.8) is 0 Å². The zero-order valence-corrected chi connectivity index (χ0v) is 18.5. The molecule has 12 heteroatoms. The van der Waals surface area contributed by atoms with Crippen molar-refractivity contribution in [3.8, 4) is 11.4 Å². The number of anilines is 1. The largest absolute Gasteiger partial charge is 0.414 e. The molecule has 0 aliphatic rings. The molecule has 0 saturated heterocycles. The monoisotopic (exact) mass is 490 g/mol. The average molecular weight is 490 g/mol. The Balaban J connectivity index is 1.80. The SMILES string of the molecule is CS(=O)(=O)Nc1ccccc1-c1[nH]c(C(=O)NC(c2ccccn2)C(F)(F)F)c2cccc[n+]12. The van der Waals surface area contributed by atoms with Gasteiger partial charge in [-0.1, -0.05) is 24.3 Å². The molecule has 1 atom stereocenters. The Bertz CT molecular complexity index is 1450. The molecule has 3 N–H and O–H groups in total. The van der Waals surface area contributed by atoms with Crippen molar-refractivity contribution in [1.82, 2.24) is 15.3 Å². The van der Waals surface area contributed by atoms with Crippen molar-refractivity contribution < 1.29 is 30.8 Å². The van der Waals surface area contributed by atoms with E-state index >= 15 is 0 Å². The van der Waals surface area contributed by atoms with Gasteiger partial charge in [0, 0.05) is 6.20 Å². The van der Waals surface area contributed by atoms with Crippen LogP contribution < -0.4 is 14.4 Å². The molecule has 0 bridgehead atoms. The van der Waals surface area contributed by atoms with Gasteiger partial charge in [-0.15, -0.1) is 0 Å². The number of nitrogens with one attached hydrogen (secondary N) is 3. The molecule has 1 aromatic carbocycles. The summed E-state index contributed by atoms with van der Waals surface area (Å²) in [6.45, 7) is 0. The number of carbonyl (C=O) groups is 1. The summed E-state index contributed by atoms with van der Waals surface area (Å²) in [5.74, 6) is -0.703. The molecular formula is C22H19F3N5O3S+. The molecular weight excluding hydrogens is 471 g/mol. The molecule has 176 valence electrons. The number of rotatable bonds is 6. The third kappa shape index (κ3) is 4.86. The number of sulfonamides is 1. The lowest BCUT2D eigenvalue weighted by Crippen LogP contribution is -2.39. The third-order valence-corrected chi connectivity index (χ3v) is 5.48. The maximum absolute atomic E-state index is 13.7. The van der Waals surface area contributed by atoms with Gasteiger partial charge in [-0.05, 0) is 36.4 Å². The Morgan fingerprint density at radius 2 is 1.76 bits per heavy atom. The van der Waals surface area contributed by atoms with Crippen LogP contribution in [-0.4, -0.2) is 36.7 Å². The molecule has 3 heterocycles. The number of alkyl halides is 3. The van der Waals surface area contributed by atoms with Crippen LogP contribution >= 0.6 is 0 Å². The van der Waals surface area contributed by atoms with Gasteiger partial charge in [-0.25, -0.2) is 13.4 Å². The second kappa shape index (κ2) is 8.78. The molecule has 0 aliphatic heterocycles. The lowest BCUT2D eigenvalue weighted by Gasteiger charge is -2.20. The number of halogens is 3. The van der Waals surface area contributed by atoms with Gasteiger partial charge in [0.25, 0.3) is 11.7 Å². The number of para-hydroxylation sites is 1. The van der Waals surface area contributed by atoms with E-state index in [-0.39, 0.29) is 17.1 Å². The van der Waals surface area contributed by atoms with Crippen LogP contribution in [0.15, 0.2) is 73.1 Å². The topological polar surface area (TPSA) is 108 Å². The number of amides is 1. The molecule has 0 saturated carbocycles. The first-order valence-electron chi connectivity index (χ1n) is 9.92. The number of aromatic amines is 1. The Kier molecular flexibility index (Phi) is 6.00. The Labute approximate surface area is 192 Å². The van der Waals surface area contributed by atoms with E-state index in [2.05, 4.69) is 14.7 Å². The second-order valence-corrected chi connectivity index (χ2v) is 9.18. The number of aromatic nitrogens is 3. The predicted molar refractivity (Wildman–Crippen MR) is 118 cm³/mol. The number of hydrogen-bond donors (Lipinski definition) is 3. The van der Waals surface area contributed by atoms with Gasteiger partial charge in [-0.3, -0.25) is 14.5 Å². The highest BCUT2D eigenvalue weighted by molar-refractivity contribution is 7.92. The van der Waals surface area contributed by atoms with Crippen molar-refractivity contribution in [2.24, 2.45) is 0 Å². The summed E-state index contributed by atoms with van der Waals surface area (Å²) in [5.41, 5.74) is 0.444. The van der Waals surface area contributed by atoms with Crippen molar-refractivity contribution >= 4 is 27.1 Å². The highest BCUT2D eigenvalue weighted by Gasteiger charge is 2.44. The lowest BCUT2D eigenvalue weighted by molar-refractivity contribution is -0.498. The molecule has 4 rings (SSSR count). The summed E-state index contributed by atoms with van der Waals surface area (Å²) >= 11 is 0. The average Bonchev–Trinajstić information content (AvgIpc) is 3.16. The van der Waals surface area contributed by atoms with Gasteiger partial charge in [0.05, 0.1) is 29.4 Å². The van der Waals surface area contributed by atoms with Crippen LogP contribution in [0.2, 0.25) is 0 Å². The maximum atomic E-state index is 13.7. The van der Waals surface area contributed by atoms with Crippen LogP contribution in [0.1, 0.15) is 22.2 Å². The third-order valence-electron chi connectivity index (χ3n) is 4.89. The van der Waals surface area contributed by atoms with Crippen molar-refractivity contribution in [3.05, 3.63) is 84.4 Å². The van der Waals surface area contributed by atoms with Gasteiger partial charge < -0.3 is 5.32 Å². The fraction of sp³-hybridized carbons (Fsp3) is 0.136. The van der Waals surface area contributed by atoms with Crippen LogP contribution in [0.4, 0.5) is 18.9 Å². The predicted octanol–water partition coefficient (Wildman–Crippen LogP) is 3.22. The number of hydrogen-bond acceptors (Lipinski definition) is 4. The smallest absolute Gasteiger partial charge is 0.332 e. The first-order valence-corrected chi connectivity index (χ1v) is 11.8. The van der Waals surface area contributed by atoms with E-state index in [4.69, 9.17) is 0 Å². The quantitative estimate of drug-likeness (QED) is 0.361. The number of nitrogens with zero attached hydrogens (tertiary/aromatic N) is 2. The molecule has 1 amide bonds. The number of carbonyl (C=O) groups excluding carboxylic acids is 1. The Morgan fingerprint density at radius 3 is 2.44 bits per heavy atom. The van der Waals surface area contributed by atoms with Gasteiger partial charge in [0.2, 0.25) is 15.7 Å². The van der Waals surface area contributed by atoms with E-state index in [1.165, 1.54) is 30.5 Å². The van der Waals surface area contributed by atoms with Crippen LogP contribution in [0.25, 0.3) is 16.9 Å². The summed E-state index contributed by atoms with van der Waals surface area (Å²) < 4.78 is 68.8. The second-order valence-electron chi connectivity index (χ2n) is 7.43. The zero-order chi connectivity index (χ0) is 24.5. The van der Waals surface area contributed by atoms with E-state index in [0.29, 0.717) is 16.9 Å². The normalized spacial score (nSPS) is 12.9. The lowest BCUT2D eigenvalue weighted by atomic mass is 10.1. The summed E-state index contributed by atoms with van der Waals surface area (Å²) in [7, 11) is -3.62. The fourth-order valence-electron chi connectivity index (χ4n) is 3.51. The number of fused-ring (bicyclic) bond motifs is 1. The van der Waals surface area contributed by atoms with Gasteiger partial charge in [0.1, 0.15) is 0 Å². The van der Waals surface area contributed by atoms with E-state index in [1.807, 2.05) is 5.32 Å². The molecule has 0 radical (unpaired) electrons. The minimum atomic E-state index is -4.78. The summed E-state index contributed by atoms with van der Waals surface area (Å²) in [5, 5.41) is 2.02. The number of pyridine rings is 2. The zero-order valence-electron chi connectivity index (χ0n) is 17.7. The molecule has 8 nitrogen and oxygen atoms in total. The van der Waals surface area contributed by atoms with Crippen molar-refractivity contribution in [1.29, 1.82) is 0 Å². The molecule has 0 spiro atoms. The minimum Gasteiger partial charge on any atom is -0.332 e. The van der Waals surface area contributed by atoms with Crippen LogP contribution in [-0.2, 0) is 10.0 Å². The summed E-state index contributed by atoms with van der Waals surface area (Å²) in [6, 6.07) is 13.0. The summed E-state index contributed by atoms with van der Waals surface area (Å²) in [4.78, 5) is 19.7. The molecule has 1 unspecified atom stereocenters. The molecule has 3 aromatic heterocycles. The Morgan fingerprint density at radius 1 is 1.06 bits per heavy atom. The van der Waals surface area contributed by atoms with Crippen molar-refractivity contribution in [2.75, 3.05) is 11.0 Å². The number of H-pyrrole nitrogens is 1. The van der Waals surface area contributed by atoms with Gasteiger partial charge in [-0.2, -0.15) is 17.6 Å². The van der Waals surface area contributed by atoms with Gasteiger partial charge >= 0.3 is 6.18 Å².